The lowest BCUT2D eigenvalue weighted by atomic mass is 9.85. The molecule has 0 bridgehead atoms. The number of aromatic amines is 1. The van der Waals surface area contributed by atoms with E-state index in [2.05, 4.69) is 9.97 Å². The molecule has 1 fully saturated rings. The molecule has 1 saturated carbocycles. The van der Waals surface area contributed by atoms with E-state index in [1.54, 1.807) is 18.2 Å². The van der Waals surface area contributed by atoms with Crippen molar-refractivity contribution in [3.63, 3.8) is 0 Å². The molecule has 0 radical (unpaired) electrons. The van der Waals surface area contributed by atoms with Gasteiger partial charge in [-0.1, -0.05) is 24.6 Å². The first-order chi connectivity index (χ1) is 11.6. The van der Waals surface area contributed by atoms with Crippen LogP contribution in [0.4, 0.5) is 4.39 Å². The summed E-state index contributed by atoms with van der Waals surface area (Å²) in [6, 6.07) is 6.16. The molecular formula is C17H17FN4O2. The normalized spacial score (nSPS) is 14.9. The fraction of sp³-hybridized carbons (Fsp3) is 0.353. The maximum Gasteiger partial charge on any atom is 0.333 e. The summed E-state index contributed by atoms with van der Waals surface area (Å²) < 4.78 is 16.5. The maximum atomic E-state index is 13.9. The number of hydrogen-bond donors (Lipinski definition) is 1. The molecule has 4 rings (SSSR count). The third-order valence-electron chi connectivity index (χ3n) is 4.75. The Morgan fingerprint density at radius 2 is 2.00 bits per heavy atom. The smallest absolute Gasteiger partial charge is 0.333 e. The first-order valence-electron chi connectivity index (χ1n) is 8.05. The minimum Gasteiger partial charge on any atom is -0.339 e. The predicted octanol–water partition coefficient (Wildman–Crippen LogP) is 1.87. The zero-order chi connectivity index (χ0) is 16.7. The van der Waals surface area contributed by atoms with Crippen molar-refractivity contribution >= 4 is 11.2 Å². The van der Waals surface area contributed by atoms with Gasteiger partial charge in [-0.2, -0.15) is 0 Å². The Labute approximate surface area is 136 Å². The lowest BCUT2D eigenvalue weighted by molar-refractivity contribution is 0.273. The monoisotopic (exact) mass is 328 g/mol. The van der Waals surface area contributed by atoms with E-state index in [9.17, 15) is 14.0 Å². The molecule has 0 spiro atoms. The predicted molar refractivity (Wildman–Crippen MR) is 87.5 cm³/mol. The van der Waals surface area contributed by atoms with Gasteiger partial charge in [0.25, 0.3) is 5.56 Å². The second kappa shape index (κ2) is 5.74. The fourth-order valence-electron chi connectivity index (χ4n) is 3.14. The van der Waals surface area contributed by atoms with Crippen LogP contribution in [-0.4, -0.2) is 19.1 Å². The molecule has 24 heavy (non-hydrogen) atoms. The third-order valence-corrected chi connectivity index (χ3v) is 4.75. The van der Waals surface area contributed by atoms with Crippen LogP contribution < -0.4 is 11.2 Å². The maximum absolute atomic E-state index is 13.9. The van der Waals surface area contributed by atoms with Crippen molar-refractivity contribution in [3.8, 4) is 0 Å². The Morgan fingerprint density at radius 3 is 2.71 bits per heavy atom. The molecule has 124 valence electrons. The number of imidazole rings is 1. The quantitative estimate of drug-likeness (QED) is 0.795. The summed E-state index contributed by atoms with van der Waals surface area (Å²) in [4.78, 5) is 32.4. The van der Waals surface area contributed by atoms with Gasteiger partial charge in [0, 0.05) is 12.1 Å². The number of hydrogen-bond acceptors (Lipinski definition) is 3. The minimum absolute atomic E-state index is 0.0933. The first-order valence-corrected chi connectivity index (χ1v) is 8.05. The summed E-state index contributed by atoms with van der Waals surface area (Å²) in [6.07, 6.45) is 4.73. The highest BCUT2D eigenvalue weighted by Crippen LogP contribution is 2.27. The minimum atomic E-state index is -0.472. The molecule has 3 aromatic rings. The highest BCUT2D eigenvalue weighted by molar-refractivity contribution is 5.68. The van der Waals surface area contributed by atoms with Crippen molar-refractivity contribution in [2.24, 2.45) is 5.92 Å². The van der Waals surface area contributed by atoms with Crippen LogP contribution in [0.2, 0.25) is 0 Å². The number of rotatable bonds is 4. The van der Waals surface area contributed by atoms with Gasteiger partial charge in [0.1, 0.15) is 11.3 Å². The van der Waals surface area contributed by atoms with E-state index in [1.807, 2.05) is 0 Å². The Hall–Kier alpha value is -2.70. The van der Waals surface area contributed by atoms with E-state index in [0.29, 0.717) is 23.7 Å². The van der Waals surface area contributed by atoms with E-state index < -0.39 is 17.1 Å². The number of fused-ring (bicyclic) bond motifs is 1. The summed E-state index contributed by atoms with van der Waals surface area (Å²) in [5, 5.41) is 0. The SMILES string of the molecule is O=c1c2[nH]cnc2n(CC2CCC2)c(=O)n1Cc1ccccc1F. The van der Waals surface area contributed by atoms with E-state index in [0.717, 1.165) is 23.8 Å². The van der Waals surface area contributed by atoms with Gasteiger partial charge >= 0.3 is 5.69 Å². The molecule has 1 aliphatic carbocycles. The molecule has 7 heteroatoms. The van der Waals surface area contributed by atoms with Crippen LogP contribution in [0, 0.1) is 11.7 Å². The van der Waals surface area contributed by atoms with Crippen LogP contribution in [0.25, 0.3) is 11.2 Å². The number of halogens is 1. The Balaban J connectivity index is 1.87. The van der Waals surface area contributed by atoms with Crippen molar-refractivity contribution in [1.82, 2.24) is 19.1 Å². The van der Waals surface area contributed by atoms with Crippen LogP contribution in [-0.2, 0) is 13.1 Å². The van der Waals surface area contributed by atoms with Gasteiger partial charge in [-0.05, 0) is 24.8 Å². The zero-order valence-electron chi connectivity index (χ0n) is 13.0. The molecule has 1 aromatic carbocycles. The lowest BCUT2D eigenvalue weighted by Gasteiger charge is -2.26. The second-order valence-electron chi connectivity index (χ2n) is 6.27. The highest BCUT2D eigenvalue weighted by atomic mass is 19.1. The van der Waals surface area contributed by atoms with E-state index in [4.69, 9.17) is 0 Å². The van der Waals surface area contributed by atoms with Crippen molar-refractivity contribution in [2.75, 3.05) is 0 Å². The van der Waals surface area contributed by atoms with Gasteiger partial charge in [0.15, 0.2) is 5.65 Å². The number of H-pyrrole nitrogens is 1. The van der Waals surface area contributed by atoms with Gasteiger partial charge in [0.05, 0.1) is 12.9 Å². The molecule has 0 unspecified atom stereocenters. The van der Waals surface area contributed by atoms with E-state index >= 15 is 0 Å². The van der Waals surface area contributed by atoms with Crippen molar-refractivity contribution < 1.29 is 4.39 Å². The van der Waals surface area contributed by atoms with Crippen molar-refractivity contribution in [2.45, 2.75) is 32.4 Å². The van der Waals surface area contributed by atoms with Gasteiger partial charge in [0.2, 0.25) is 0 Å². The standard InChI is InChI=1S/C17H17FN4O2/c18-13-7-2-1-6-12(13)9-22-16(23)14-15(20-10-19-14)21(17(22)24)8-11-4-3-5-11/h1-2,6-7,10-11H,3-5,8-9H2,(H,19,20). The van der Waals surface area contributed by atoms with Crippen molar-refractivity contribution in [3.05, 3.63) is 62.8 Å². The van der Waals surface area contributed by atoms with Crippen LogP contribution in [0.15, 0.2) is 40.2 Å². The molecule has 1 N–H and O–H groups in total. The van der Waals surface area contributed by atoms with Crippen LogP contribution in [0.5, 0.6) is 0 Å². The molecule has 0 amide bonds. The second-order valence-corrected chi connectivity index (χ2v) is 6.27. The third kappa shape index (κ3) is 2.36. The number of nitrogens with zero attached hydrogens (tertiary/aromatic N) is 3. The van der Waals surface area contributed by atoms with E-state index in [-0.39, 0.29) is 12.1 Å². The summed E-state index contributed by atoms with van der Waals surface area (Å²) in [5.41, 5.74) is 0.0630. The van der Waals surface area contributed by atoms with Crippen molar-refractivity contribution in [1.29, 1.82) is 0 Å². The Morgan fingerprint density at radius 1 is 1.21 bits per heavy atom. The number of aromatic nitrogens is 4. The zero-order valence-corrected chi connectivity index (χ0v) is 13.0. The van der Waals surface area contributed by atoms with Crippen LogP contribution in [0.1, 0.15) is 24.8 Å². The topological polar surface area (TPSA) is 72.7 Å². The van der Waals surface area contributed by atoms with Crippen LogP contribution >= 0.6 is 0 Å². The summed E-state index contributed by atoms with van der Waals surface area (Å²) in [6.45, 7) is 0.446. The highest BCUT2D eigenvalue weighted by Gasteiger charge is 2.22. The molecular weight excluding hydrogens is 311 g/mol. The fourth-order valence-corrected chi connectivity index (χ4v) is 3.14. The molecule has 0 atom stereocenters. The molecule has 2 heterocycles. The number of benzene rings is 1. The Kier molecular flexibility index (Phi) is 3.55. The van der Waals surface area contributed by atoms with Crippen LogP contribution in [0.3, 0.4) is 0 Å². The average molecular weight is 328 g/mol. The molecule has 0 saturated heterocycles. The molecule has 6 nitrogen and oxygen atoms in total. The lowest BCUT2D eigenvalue weighted by Crippen LogP contribution is -2.42. The average Bonchev–Trinajstić information content (AvgIpc) is 3.01. The van der Waals surface area contributed by atoms with E-state index in [1.165, 1.54) is 17.0 Å². The summed E-state index contributed by atoms with van der Waals surface area (Å²) in [5.74, 6) is 0.000985. The van der Waals surface area contributed by atoms with Gasteiger partial charge < -0.3 is 4.98 Å². The largest absolute Gasteiger partial charge is 0.339 e. The van der Waals surface area contributed by atoms with Gasteiger partial charge in [-0.15, -0.1) is 0 Å². The number of nitrogens with one attached hydrogen (secondary N) is 1. The molecule has 1 aliphatic rings. The summed E-state index contributed by atoms with van der Waals surface area (Å²) >= 11 is 0. The van der Waals surface area contributed by atoms with Gasteiger partial charge in [-0.25, -0.2) is 14.2 Å². The summed E-state index contributed by atoms with van der Waals surface area (Å²) in [7, 11) is 0. The van der Waals surface area contributed by atoms with Gasteiger partial charge in [-0.3, -0.25) is 13.9 Å². The molecule has 2 aromatic heterocycles. The molecule has 0 aliphatic heterocycles. The Bertz CT molecular complexity index is 1010. The first kappa shape index (κ1) is 14.9.